The summed E-state index contributed by atoms with van der Waals surface area (Å²) in [6.45, 7) is 7.14. The van der Waals surface area contributed by atoms with Crippen LogP contribution in [0, 0.1) is 6.92 Å². The maximum absolute atomic E-state index is 4.60. The highest BCUT2D eigenvalue weighted by Crippen LogP contribution is 2.16. The lowest BCUT2D eigenvalue weighted by atomic mass is 10.1. The van der Waals surface area contributed by atoms with Crippen molar-refractivity contribution in [2.24, 2.45) is 0 Å². The van der Waals surface area contributed by atoms with Gasteiger partial charge in [0.25, 0.3) is 0 Å². The zero-order valence-electron chi connectivity index (χ0n) is 12.8. The summed E-state index contributed by atoms with van der Waals surface area (Å²) in [5.41, 5.74) is 2.57. The molecule has 0 fully saturated rings. The molecule has 0 saturated carbocycles. The highest BCUT2D eigenvalue weighted by molar-refractivity contribution is 5.24. The van der Waals surface area contributed by atoms with Crippen molar-refractivity contribution < 1.29 is 0 Å². The second-order valence-corrected chi connectivity index (χ2v) is 5.09. The van der Waals surface area contributed by atoms with Crippen molar-refractivity contribution in [3.8, 4) is 0 Å². The molecular formula is C16H24N4. The van der Waals surface area contributed by atoms with Crippen LogP contribution in [0.3, 0.4) is 0 Å². The van der Waals surface area contributed by atoms with Crippen LogP contribution >= 0.6 is 0 Å². The molecule has 2 aromatic rings. The van der Waals surface area contributed by atoms with Crippen LogP contribution < -0.4 is 5.32 Å². The number of hydrogen-bond donors (Lipinski definition) is 1. The molecule has 20 heavy (non-hydrogen) atoms. The zero-order chi connectivity index (χ0) is 14.5. The van der Waals surface area contributed by atoms with Gasteiger partial charge < -0.3 is 5.32 Å². The number of aromatic nitrogens is 3. The number of likely N-dealkylation sites (N-methyl/N-ethyl adjacent to an activating group) is 1. The van der Waals surface area contributed by atoms with Crippen LogP contribution in [0.1, 0.15) is 42.7 Å². The maximum Gasteiger partial charge on any atom is 0.150 e. The van der Waals surface area contributed by atoms with E-state index in [-0.39, 0.29) is 6.04 Å². The fourth-order valence-corrected chi connectivity index (χ4v) is 2.32. The molecule has 0 spiro atoms. The predicted molar refractivity (Wildman–Crippen MR) is 81.8 cm³/mol. The number of aryl methyl sites for hydroxylation is 3. The van der Waals surface area contributed by atoms with Gasteiger partial charge in [0.2, 0.25) is 0 Å². The Balaban J connectivity index is 2.21. The van der Waals surface area contributed by atoms with Crippen LogP contribution in [0.2, 0.25) is 0 Å². The Morgan fingerprint density at radius 3 is 2.40 bits per heavy atom. The van der Waals surface area contributed by atoms with E-state index in [0.717, 1.165) is 31.0 Å². The van der Waals surface area contributed by atoms with Gasteiger partial charge in [0.1, 0.15) is 5.82 Å². The molecule has 1 unspecified atom stereocenters. The minimum atomic E-state index is 0.257. The van der Waals surface area contributed by atoms with Crippen molar-refractivity contribution in [2.45, 2.75) is 46.2 Å². The Hall–Kier alpha value is -1.68. The maximum atomic E-state index is 4.60. The molecular weight excluding hydrogens is 248 g/mol. The molecule has 2 rings (SSSR count). The Labute approximate surface area is 121 Å². The van der Waals surface area contributed by atoms with Crippen LogP contribution in [0.4, 0.5) is 0 Å². The Kier molecular flexibility index (Phi) is 4.90. The molecule has 0 radical (unpaired) electrons. The summed E-state index contributed by atoms with van der Waals surface area (Å²) >= 11 is 0. The van der Waals surface area contributed by atoms with Crippen molar-refractivity contribution in [1.29, 1.82) is 0 Å². The largest absolute Gasteiger partial charge is 0.311 e. The fourth-order valence-electron chi connectivity index (χ4n) is 2.32. The topological polar surface area (TPSA) is 42.7 Å². The smallest absolute Gasteiger partial charge is 0.150 e. The third-order valence-electron chi connectivity index (χ3n) is 3.61. The van der Waals surface area contributed by atoms with Crippen molar-refractivity contribution in [3.05, 3.63) is 47.0 Å². The molecule has 108 valence electrons. The first kappa shape index (κ1) is 14.7. The fraction of sp³-hybridized carbons (Fsp3) is 0.500. The van der Waals surface area contributed by atoms with Gasteiger partial charge in [-0.2, -0.15) is 5.10 Å². The predicted octanol–water partition coefficient (Wildman–Crippen LogP) is 2.67. The molecule has 0 amide bonds. The lowest BCUT2D eigenvalue weighted by molar-refractivity contribution is 0.454. The van der Waals surface area contributed by atoms with Crippen molar-refractivity contribution in [1.82, 2.24) is 20.1 Å². The summed E-state index contributed by atoms with van der Waals surface area (Å²) in [4.78, 5) is 4.57. The van der Waals surface area contributed by atoms with E-state index in [1.807, 2.05) is 11.7 Å². The van der Waals surface area contributed by atoms with E-state index < -0.39 is 0 Å². The van der Waals surface area contributed by atoms with E-state index in [2.05, 4.69) is 60.4 Å². The molecule has 1 N–H and O–H groups in total. The molecule has 0 aliphatic carbocycles. The Bertz CT molecular complexity index is 542. The number of hydrogen-bond acceptors (Lipinski definition) is 3. The lowest BCUT2D eigenvalue weighted by Gasteiger charge is -2.17. The van der Waals surface area contributed by atoms with Crippen LogP contribution in [0.5, 0.6) is 0 Å². The van der Waals surface area contributed by atoms with E-state index in [1.54, 1.807) is 0 Å². The molecule has 0 aliphatic rings. The highest BCUT2D eigenvalue weighted by atomic mass is 15.4. The van der Waals surface area contributed by atoms with Gasteiger partial charge in [-0.25, -0.2) is 9.67 Å². The molecule has 4 nitrogen and oxygen atoms in total. The Morgan fingerprint density at radius 1 is 1.15 bits per heavy atom. The minimum Gasteiger partial charge on any atom is -0.311 e. The lowest BCUT2D eigenvalue weighted by Crippen LogP contribution is -2.23. The third-order valence-corrected chi connectivity index (χ3v) is 3.61. The highest BCUT2D eigenvalue weighted by Gasteiger charge is 2.14. The summed E-state index contributed by atoms with van der Waals surface area (Å²) < 4.78 is 2.04. The summed E-state index contributed by atoms with van der Waals surface area (Å²) in [7, 11) is 1.99. The first-order valence-electron chi connectivity index (χ1n) is 7.34. The van der Waals surface area contributed by atoms with Gasteiger partial charge in [-0.15, -0.1) is 0 Å². The summed E-state index contributed by atoms with van der Waals surface area (Å²) in [5, 5.41) is 7.97. The van der Waals surface area contributed by atoms with E-state index in [0.29, 0.717) is 0 Å². The van der Waals surface area contributed by atoms with Gasteiger partial charge >= 0.3 is 0 Å². The van der Waals surface area contributed by atoms with Gasteiger partial charge in [-0.1, -0.05) is 43.7 Å². The number of nitrogens with zero attached hydrogens (tertiary/aromatic N) is 3. The average Bonchev–Trinajstić information content (AvgIpc) is 2.88. The first-order valence-corrected chi connectivity index (χ1v) is 7.34. The normalized spacial score (nSPS) is 12.6. The average molecular weight is 272 g/mol. The molecule has 1 atom stereocenters. The van der Waals surface area contributed by atoms with Crippen molar-refractivity contribution in [2.75, 3.05) is 7.05 Å². The van der Waals surface area contributed by atoms with Crippen LogP contribution in [0.15, 0.2) is 24.3 Å². The molecule has 1 heterocycles. The molecule has 0 saturated heterocycles. The third kappa shape index (κ3) is 3.25. The van der Waals surface area contributed by atoms with Gasteiger partial charge in [0.05, 0.1) is 12.6 Å². The van der Waals surface area contributed by atoms with Gasteiger partial charge in [0.15, 0.2) is 5.82 Å². The second kappa shape index (κ2) is 6.66. The first-order chi connectivity index (χ1) is 9.67. The number of rotatable bonds is 6. The van der Waals surface area contributed by atoms with E-state index >= 15 is 0 Å². The van der Waals surface area contributed by atoms with E-state index in [4.69, 9.17) is 0 Å². The molecule has 4 heteroatoms. The van der Waals surface area contributed by atoms with E-state index in [1.165, 1.54) is 11.1 Å². The minimum absolute atomic E-state index is 0.257. The van der Waals surface area contributed by atoms with Gasteiger partial charge in [-0.05, 0) is 19.5 Å². The number of benzene rings is 1. The quantitative estimate of drug-likeness (QED) is 0.879. The SMILES string of the molecule is CCc1nc(CC)n(CC(NC)c2ccc(C)cc2)n1. The second-order valence-electron chi connectivity index (χ2n) is 5.09. The van der Waals surface area contributed by atoms with Gasteiger partial charge in [0, 0.05) is 12.8 Å². The summed E-state index contributed by atoms with van der Waals surface area (Å²) in [6, 6.07) is 8.92. The number of nitrogens with one attached hydrogen (secondary N) is 1. The van der Waals surface area contributed by atoms with Crippen LogP contribution in [-0.2, 0) is 19.4 Å². The van der Waals surface area contributed by atoms with Crippen molar-refractivity contribution >= 4 is 0 Å². The summed E-state index contributed by atoms with van der Waals surface area (Å²) in [6.07, 6.45) is 1.80. The molecule has 0 aliphatic heterocycles. The van der Waals surface area contributed by atoms with Crippen LogP contribution in [-0.4, -0.2) is 21.8 Å². The molecule has 1 aromatic heterocycles. The van der Waals surface area contributed by atoms with Crippen LogP contribution in [0.25, 0.3) is 0 Å². The monoisotopic (exact) mass is 272 g/mol. The Morgan fingerprint density at radius 2 is 1.85 bits per heavy atom. The van der Waals surface area contributed by atoms with Gasteiger partial charge in [-0.3, -0.25) is 0 Å². The molecule has 1 aromatic carbocycles. The molecule has 0 bridgehead atoms. The van der Waals surface area contributed by atoms with Crippen molar-refractivity contribution in [3.63, 3.8) is 0 Å². The van der Waals surface area contributed by atoms with E-state index in [9.17, 15) is 0 Å². The summed E-state index contributed by atoms with van der Waals surface area (Å²) in [5.74, 6) is 2.00. The standard InChI is InChI=1S/C16H24N4/c1-5-15-18-16(6-2)20(19-15)11-14(17-4)13-9-7-12(3)8-10-13/h7-10,14,17H,5-6,11H2,1-4H3. The zero-order valence-corrected chi connectivity index (χ0v) is 12.8.